The van der Waals surface area contributed by atoms with E-state index in [0.29, 0.717) is 36.9 Å². The third kappa shape index (κ3) is 10.2. The number of nitrogens with one attached hydrogen (secondary N) is 1. The van der Waals surface area contributed by atoms with Gasteiger partial charge in [-0.2, -0.15) is 0 Å². The molecular formula is C28H49NO5S. The highest BCUT2D eigenvalue weighted by Crippen LogP contribution is 2.45. The van der Waals surface area contributed by atoms with Crippen molar-refractivity contribution in [1.29, 1.82) is 0 Å². The molecule has 2 heterocycles. The maximum Gasteiger partial charge on any atom is 0.234 e. The average Bonchev–Trinajstić information content (AvgIpc) is 3.44. The molecule has 0 aromatic carbocycles. The summed E-state index contributed by atoms with van der Waals surface area (Å²) in [6, 6.07) is 0. The van der Waals surface area contributed by atoms with Crippen LogP contribution in [-0.4, -0.2) is 45.5 Å². The second-order valence-electron chi connectivity index (χ2n) is 11.0. The van der Waals surface area contributed by atoms with Crippen molar-refractivity contribution < 1.29 is 22.7 Å². The number of hydrogen-bond donors (Lipinski definition) is 1. The van der Waals surface area contributed by atoms with Crippen LogP contribution in [0, 0.1) is 17.8 Å². The summed E-state index contributed by atoms with van der Waals surface area (Å²) in [5.74, 6) is 1.54. The molecule has 0 aromatic rings. The Kier molecular flexibility index (Phi) is 12.6. The van der Waals surface area contributed by atoms with Crippen molar-refractivity contribution >= 4 is 15.9 Å². The molecule has 1 aliphatic carbocycles. The minimum atomic E-state index is -3.49. The van der Waals surface area contributed by atoms with Crippen molar-refractivity contribution in [2.45, 2.75) is 122 Å². The fourth-order valence-electron chi connectivity index (χ4n) is 6.12. The van der Waals surface area contributed by atoms with Crippen LogP contribution in [0.1, 0.15) is 110 Å². The minimum Gasteiger partial charge on any atom is -0.381 e. The smallest absolute Gasteiger partial charge is 0.234 e. The Morgan fingerprint density at radius 3 is 2.51 bits per heavy atom. The zero-order valence-corrected chi connectivity index (χ0v) is 22.7. The Hall–Kier alpha value is -0.920. The Morgan fingerprint density at radius 1 is 0.971 bits per heavy atom. The van der Waals surface area contributed by atoms with Crippen LogP contribution in [0.3, 0.4) is 0 Å². The molecular weight excluding hydrogens is 462 g/mol. The van der Waals surface area contributed by atoms with Crippen molar-refractivity contribution in [2.24, 2.45) is 17.8 Å². The second kappa shape index (κ2) is 15.4. The SMILES string of the molecule is CCCCCCS(=O)(=O)NC(=O)CCCC=CC[C@H]1[C@@H](COCCC2CCCCC2)[C@H]2CC[C@@H]1O2. The summed E-state index contributed by atoms with van der Waals surface area (Å²) in [5, 5.41) is 0. The van der Waals surface area contributed by atoms with Gasteiger partial charge < -0.3 is 9.47 Å². The quantitative estimate of drug-likeness (QED) is 0.194. The molecule has 35 heavy (non-hydrogen) atoms. The molecule has 4 atom stereocenters. The summed E-state index contributed by atoms with van der Waals surface area (Å²) >= 11 is 0. The zero-order valence-electron chi connectivity index (χ0n) is 21.9. The number of sulfonamides is 1. The first kappa shape index (κ1) is 28.6. The van der Waals surface area contributed by atoms with E-state index in [4.69, 9.17) is 9.47 Å². The highest BCUT2D eigenvalue weighted by Gasteiger charge is 2.48. The van der Waals surface area contributed by atoms with Gasteiger partial charge in [-0.3, -0.25) is 9.52 Å². The minimum absolute atomic E-state index is 0.0374. The van der Waals surface area contributed by atoms with Crippen molar-refractivity contribution in [3.63, 3.8) is 0 Å². The van der Waals surface area contributed by atoms with Crippen LogP contribution in [0.25, 0.3) is 0 Å². The van der Waals surface area contributed by atoms with E-state index in [-0.39, 0.29) is 18.1 Å². The van der Waals surface area contributed by atoms with E-state index in [1.165, 1.54) is 38.5 Å². The summed E-state index contributed by atoms with van der Waals surface area (Å²) in [6.07, 6.45) is 21.8. The maximum atomic E-state index is 12.0. The Morgan fingerprint density at radius 2 is 1.74 bits per heavy atom. The summed E-state index contributed by atoms with van der Waals surface area (Å²) in [4.78, 5) is 12.0. The molecule has 0 unspecified atom stereocenters. The molecule has 2 bridgehead atoms. The van der Waals surface area contributed by atoms with E-state index in [2.05, 4.69) is 23.8 Å². The molecule has 1 amide bonds. The Balaban J connectivity index is 1.28. The van der Waals surface area contributed by atoms with Crippen molar-refractivity contribution in [3.05, 3.63) is 12.2 Å². The molecule has 3 rings (SSSR count). The Bertz CT molecular complexity index is 746. The number of ether oxygens (including phenoxy) is 2. The molecule has 3 fully saturated rings. The lowest BCUT2D eigenvalue weighted by Gasteiger charge is -2.27. The predicted octanol–water partition coefficient (Wildman–Crippen LogP) is 5.91. The molecule has 0 radical (unpaired) electrons. The number of unbranched alkanes of at least 4 members (excludes halogenated alkanes) is 4. The van der Waals surface area contributed by atoms with Crippen LogP contribution in [0.2, 0.25) is 0 Å². The van der Waals surface area contributed by atoms with Gasteiger partial charge in [0.2, 0.25) is 15.9 Å². The number of carbonyl (C=O) groups excluding carboxylic acids is 1. The van der Waals surface area contributed by atoms with Gasteiger partial charge in [0, 0.05) is 18.9 Å². The van der Waals surface area contributed by atoms with Gasteiger partial charge >= 0.3 is 0 Å². The number of carbonyl (C=O) groups is 1. The molecule has 202 valence electrons. The van der Waals surface area contributed by atoms with Gasteiger partial charge in [-0.05, 0) is 56.8 Å². The molecule has 3 aliphatic rings. The first-order valence-electron chi connectivity index (χ1n) is 14.4. The van der Waals surface area contributed by atoms with Crippen molar-refractivity contribution in [3.8, 4) is 0 Å². The molecule has 1 N–H and O–H groups in total. The van der Waals surface area contributed by atoms with Gasteiger partial charge in [0.25, 0.3) is 0 Å². The maximum absolute atomic E-state index is 12.0. The number of allylic oxidation sites excluding steroid dienone is 2. The first-order chi connectivity index (χ1) is 17.0. The molecule has 2 aliphatic heterocycles. The third-order valence-corrected chi connectivity index (χ3v) is 9.55. The lowest BCUT2D eigenvalue weighted by atomic mass is 9.78. The van der Waals surface area contributed by atoms with Gasteiger partial charge in [0.15, 0.2) is 0 Å². The summed E-state index contributed by atoms with van der Waals surface area (Å²) in [5.41, 5.74) is 0. The van der Waals surface area contributed by atoms with E-state index < -0.39 is 10.0 Å². The third-order valence-electron chi connectivity index (χ3n) is 8.18. The number of hydrogen-bond acceptors (Lipinski definition) is 5. The normalized spacial score (nSPS) is 27.1. The fraction of sp³-hybridized carbons (Fsp3) is 0.893. The monoisotopic (exact) mass is 511 g/mol. The molecule has 0 spiro atoms. The van der Waals surface area contributed by atoms with Gasteiger partial charge in [0.05, 0.1) is 24.6 Å². The van der Waals surface area contributed by atoms with Crippen LogP contribution < -0.4 is 4.72 Å². The van der Waals surface area contributed by atoms with Gasteiger partial charge in [-0.25, -0.2) is 8.42 Å². The van der Waals surface area contributed by atoms with Gasteiger partial charge in [0.1, 0.15) is 0 Å². The van der Waals surface area contributed by atoms with E-state index in [0.717, 1.165) is 64.1 Å². The van der Waals surface area contributed by atoms with Crippen LogP contribution in [-0.2, 0) is 24.3 Å². The average molecular weight is 512 g/mol. The first-order valence-corrected chi connectivity index (χ1v) is 16.0. The van der Waals surface area contributed by atoms with Crippen LogP contribution >= 0.6 is 0 Å². The lowest BCUT2D eigenvalue weighted by Crippen LogP contribution is -2.32. The summed E-state index contributed by atoms with van der Waals surface area (Å²) in [6.45, 7) is 3.79. The molecule has 1 saturated carbocycles. The zero-order chi connectivity index (χ0) is 24.9. The highest BCUT2D eigenvalue weighted by atomic mass is 32.2. The van der Waals surface area contributed by atoms with Crippen LogP contribution in [0.5, 0.6) is 0 Å². The van der Waals surface area contributed by atoms with E-state index in [1.807, 2.05) is 0 Å². The second-order valence-corrected chi connectivity index (χ2v) is 12.8. The molecule has 2 saturated heterocycles. The highest BCUT2D eigenvalue weighted by molar-refractivity contribution is 7.90. The topological polar surface area (TPSA) is 81.7 Å². The van der Waals surface area contributed by atoms with Gasteiger partial charge in [-0.15, -0.1) is 0 Å². The summed E-state index contributed by atoms with van der Waals surface area (Å²) in [7, 11) is -3.49. The number of rotatable bonds is 17. The summed E-state index contributed by atoms with van der Waals surface area (Å²) < 4.78 is 38.6. The number of fused-ring (bicyclic) bond motifs is 2. The van der Waals surface area contributed by atoms with E-state index in [1.54, 1.807) is 0 Å². The van der Waals surface area contributed by atoms with Crippen molar-refractivity contribution in [1.82, 2.24) is 4.72 Å². The fourth-order valence-corrected chi connectivity index (χ4v) is 7.25. The van der Waals surface area contributed by atoms with E-state index >= 15 is 0 Å². The predicted molar refractivity (Wildman–Crippen MR) is 141 cm³/mol. The lowest BCUT2D eigenvalue weighted by molar-refractivity contribution is -0.119. The largest absolute Gasteiger partial charge is 0.381 e. The Labute approximate surface area is 214 Å². The molecule has 7 heteroatoms. The molecule has 0 aromatic heterocycles. The van der Waals surface area contributed by atoms with Crippen molar-refractivity contribution in [2.75, 3.05) is 19.0 Å². The standard InChI is InChI=1S/C28H49NO5S/c1-2-3-4-12-21-35(31,32)29-28(30)16-11-6-5-10-15-24-25(27-18-17-26(24)34-27)22-33-20-19-23-13-8-7-9-14-23/h5,10,23-27H,2-4,6-9,11-22H2,1H3,(H,29,30)/t24-,25+,26-,27+/m0/s1. The van der Waals surface area contributed by atoms with Gasteiger partial charge in [-0.1, -0.05) is 70.4 Å². The molecule has 6 nitrogen and oxygen atoms in total. The van der Waals surface area contributed by atoms with E-state index in [9.17, 15) is 13.2 Å². The van der Waals surface area contributed by atoms with Crippen LogP contribution in [0.4, 0.5) is 0 Å². The number of amides is 1. The van der Waals surface area contributed by atoms with Crippen LogP contribution in [0.15, 0.2) is 12.2 Å².